The second-order valence-corrected chi connectivity index (χ2v) is 9.36. The van der Waals surface area contributed by atoms with E-state index in [0.29, 0.717) is 0 Å². The third-order valence-corrected chi connectivity index (χ3v) is 6.46. The van der Waals surface area contributed by atoms with E-state index in [1.807, 2.05) is 12.5 Å². The van der Waals surface area contributed by atoms with E-state index < -0.39 is 0 Å². The molecule has 0 aliphatic rings. The van der Waals surface area contributed by atoms with Gasteiger partial charge in [-0.05, 0) is 18.8 Å². The lowest BCUT2D eigenvalue weighted by molar-refractivity contribution is 0.356. The van der Waals surface area contributed by atoms with Crippen LogP contribution in [0.15, 0.2) is 18.7 Å². The molecule has 0 aromatic carbocycles. The number of nitrogens with zero attached hydrogens (tertiary/aromatic N) is 2. The molecule has 0 aliphatic carbocycles. The summed E-state index contributed by atoms with van der Waals surface area (Å²) in [4.78, 5) is 4.24. The van der Waals surface area contributed by atoms with E-state index >= 15 is 0 Å². The number of aromatic nitrogens is 2. The van der Waals surface area contributed by atoms with Gasteiger partial charge in [0.15, 0.2) is 0 Å². The molecule has 2 heteroatoms. The van der Waals surface area contributed by atoms with Crippen molar-refractivity contribution in [1.82, 2.24) is 9.55 Å². The maximum Gasteiger partial charge on any atom is 0.0945 e. The molecule has 0 aliphatic heterocycles. The highest BCUT2D eigenvalue weighted by Crippen LogP contribution is 2.21. The number of rotatable bonds is 22. The van der Waals surface area contributed by atoms with Gasteiger partial charge in [-0.2, -0.15) is 0 Å². The molecule has 0 fully saturated rings. The minimum Gasteiger partial charge on any atom is -0.337 e. The predicted octanol–water partition coefficient (Wildman–Crippen LogP) is 9.34. The van der Waals surface area contributed by atoms with Crippen LogP contribution in [0.5, 0.6) is 0 Å². The van der Waals surface area contributed by atoms with Crippen LogP contribution < -0.4 is 0 Å². The normalized spacial score (nSPS) is 12.5. The van der Waals surface area contributed by atoms with Crippen molar-refractivity contribution in [1.29, 1.82) is 0 Å². The molecule has 1 unspecified atom stereocenters. The molecule has 170 valence electrons. The molecular weight excluding hydrogens is 352 g/mol. The maximum atomic E-state index is 4.24. The summed E-state index contributed by atoms with van der Waals surface area (Å²) in [5, 5.41) is 0. The summed E-state index contributed by atoms with van der Waals surface area (Å²) in [6.45, 7) is 5.78. The second-order valence-electron chi connectivity index (χ2n) is 9.36. The summed E-state index contributed by atoms with van der Waals surface area (Å²) in [5.41, 5.74) is 0. The quantitative estimate of drug-likeness (QED) is 0.176. The Kier molecular flexibility index (Phi) is 18.5. The van der Waals surface area contributed by atoms with E-state index in [1.165, 1.54) is 135 Å². The van der Waals surface area contributed by atoms with Crippen LogP contribution in [0.25, 0.3) is 0 Å². The summed E-state index contributed by atoms with van der Waals surface area (Å²) < 4.78 is 2.30. The number of hydrogen-bond acceptors (Lipinski definition) is 1. The van der Waals surface area contributed by atoms with Crippen LogP contribution in [0.4, 0.5) is 0 Å². The van der Waals surface area contributed by atoms with Crippen molar-refractivity contribution < 1.29 is 0 Å². The molecular formula is C27H52N2. The third-order valence-electron chi connectivity index (χ3n) is 6.46. The van der Waals surface area contributed by atoms with Gasteiger partial charge in [0.1, 0.15) is 0 Å². The van der Waals surface area contributed by atoms with Crippen LogP contribution in [0.1, 0.15) is 142 Å². The Morgan fingerprint density at radius 3 is 1.38 bits per heavy atom. The monoisotopic (exact) mass is 404 g/mol. The first-order valence-corrected chi connectivity index (χ1v) is 13.3. The van der Waals surface area contributed by atoms with Crippen LogP contribution in [-0.2, 0) is 6.54 Å². The highest BCUT2D eigenvalue weighted by Gasteiger charge is 2.09. The van der Waals surface area contributed by atoms with E-state index in [-0.39, 0.29) is 0 Å². The lowest BCUT2D eigenvalue weighted by Gasteiger charge is -2.17. The van der Waals surface area contributed by atoms with E-state index in [1.54, 1.807) is 0 Å². The van der Waals surface area contributed by atoms with Gasteiger partial charge in [-0.1, -0.05) is 129 Å². The zero-order chi connectivity index (χ0) is 20.8. The molecule has 29 heavy (non-hydrogen) atoms. The van der Waals surface area contributed by atoms with Crippen molar-refractivity contribution in [2.75, 3.05) is 0 Å². The largest absolute Gasteiger partial charge is 0.337 e. The maximum absolute atomic E-state index is 4.24. The fourth-order valence-electron chi connectivity index (χ4n) is 4.51. The Morgan fingerprint density at radius 2 is 1.00 bits per heavy atom. The topological polar surface area (TPSA) is 17.8 Å². The molecule has 0 saturated heterocycles. The van der Waals surface area contributed by atoms with Crippen LogP contribution in [0, 0.1) is 5.92 Å². The Bertz CT molecular complexity index is 412. The van der Waals surface area contributed by atoms with Gasteiger partial charge < -0.3 is 4.57 Å². The van der Waals surface area contributed by atoms with Gasteiger partial charge in [-0.3, -0.25) is 0 Å². The van der Waals surface area contributed by atoms with Gasteiger partial charge in [-0.15, -0.1) is 0 Å². The van der Waals surface area contributed by atoms with Crippen LogP contribution in [0.2, 0.25) is 0 Å². The van der Waals surface area contributed by atoms with Gasteiger partial charge in [0.25, 0.3) is 0 Å². The van der Waals surface area contributed by atoms with E-state index in [9.17, 15) is 0 Å². The molecule has 0 spiro atoms. The molecule has 1 rings (SSSR count). The van der Waals surface area contributed by atoms with Crippen molar-refractivity contribution in [2.24, 2.45) is 5.92 Å². The summed E-state index contributed by atoms with van der Waals surface area (Å²) in [7, 11) is 0. The minimum absolute atomic E-state index is 0.846. The summed E-state index contributed by atoms with van der Waals surface area (Å²) in [6.07, 6.45) is 34.7. The molecule has 0 radical (unpaired) electrons. The van der Waals surface area contributed by atoms with Gasteiger partial charge >= 0.3 is 0 Å². The second kappa shape index (κ2) is 20.5. The highest BCUT2D eigenvalue weighted by molar-refractivity contribution is 4.76. The average Bonchev–Trinajstić information content (AvgIpc) is 3.24. The minimum atomic E-state index is 0.846. The van der Waals surface area contributed by atoms with Gasteiger partial charge in [-0.25, -0.2) is 4.98 Å². The molecule has 0 bridgehead atoms. The fourth-order valence-corrected chi connectivity index (χ4v) is 4.51. The predicted molar refractivity (Wildman–Crippen MR) is 129 cm³/mol. The van der Waals surface area contributed by atoms with Gasteiger partial charge in [0, 0.05) is 18.9 Å². The molecule has 0 N–H and O–H groups in total. The first-order chi connectivity index (χ1) is 14.4. The molecule has 1 aromatic rings. The molecule has 0 saturated carbocycles. The van der Waals surface area contributed by atoms with Crippen molar-refractivity contribution in [3.8, 4) is 0 Å². The van der Waals surface area contributed by atoms with Crippen molar-refractivity contribution in [3.05, 3.63) is 18.7 Å². The van der Waals surface area contributed by atoms with E-state index in [4.69, 9.17) is 0 Å². The van der Waals surface area contributed by atoms with Crippen LogP contribution in [-0.4, -0.2) is 9.55 Å². The molecule has 1 aromatic heterocycles. The standard InChI is InChI=1S/C27H52N2/c1-3-5-7-9-11-13-14-16-18-20-22-27(25-29-24-23-28-26-29)21-19-17-15-12-10-8-6-4-2/h23-24,26-27H,3-22,25H2,1-2H3. The SMILES string of the molecule is CCCCCCCCCCCCC(CCCCCCCCCC)Cn1ccnc1. The Hall–Kier alpha value is -0.790. The number of unbranched alkanes of at least 4 members (excludes halogenated alkanes) is 16. The first kappa shape index (κ1) is 26.2. The Balaban J connectivity index is 2.07. The summed E-state index contributed by atoms with van der Waals surface area (Å²) >= 11 is 0. The fraction of sp³-hybridized carbons (Fsp3) is 0.889. The first-order valence-electron chi connectivity index (χ1n) is 13.3. The third kappa shape index (κ3) is 16.7. The molecule has 1 atom stereocenters. The summed E-state index contributed by atoms with van der Waals surface area (Å²) in [5.74, 6) is 0.846. The number of imidazole rings is 1. The molecule has 2 nitrogen and oxygen atoms in total. The zero-order valence-electron chi connectivity index (χ0n) is 20.1. The summed E-state index contributed by atoms with van der Waals surface area (Å²) in [6, 6.07) is 0. The lowest BCUT2D eigenvalue weighted by Crippen LogP contribution is -2.10. The molecule has 0 amide bonds. The zero-order valence-corrected chi connectivity index (χ0v) is 20.1. The number of hydrogen-bond donors (Lipinski definition) is 0. The van der Waals surface area contributed by atoms with Gasteiger partial charge in [0.2, 0.25) is 0 Å². The Labute approximate surface area is 183 Å². The molecule has 1 heterocycles. The van der Waals surface area contributed by atoms with Crippen LogP contribution in [0.3, 0.4) is 0 Å². The lowest BCUT2D eigenvalue weighted by atomic mass is 9.94. The highest BCUT2D eigenvalue weighted by atomic mass is 15.0. The van der Waals surface area contributed by atoms with Crippen molar-refractivity contribution in [2.45, 2.75) is 149 Å². The average molecular weight is 405 g/mol. The van der Waals surface area contributed by atoms with E-state index in [0.717, 1.165) is 5.92 Å². The smallest absolute Gasteiger partial charge is 0.0945 e. The van der Waals surface area contributed by atoms with Gasteiger partial charge in [0.05, 0.1) is 6.33 Å². The van der Waals surface area contributed by atoms with Crippen molar-refractivity contribution in [3.63, 3.8) is 0 Å². The Morgan fingerprint density at radius 1 is 0.586 bits per heavy atom. The van der Waals surface area contributed by atoms with Crippen molar-refractivity contribution >= 4 is 0 Å². The van der Waals surface area contributed by atoms with E-state index in [2.05, 4.69) is 29.6 Å². The van der Waals surface area contributed by atoms with Crippen LogP contribution >= 0.6 is 0 Å².